The van der Waals surface area contributed by atoms with Gasteiger partial charge in [-0.1, -0.05) is 6.07 Å². The number of likely N-dealkylation sites (tertiary alicyclic amines) is 1. The van der Waals surface area contributed by atoms with Gasteiger partial charge < -0.3 is 23.7 Å². The molecule has 2 aromatic carbocycles. The molecule has 1 aliphatic rings. The summed E-state index contributed by atoms with van der Waals surface area (Å²) in [7, 11) is 0.896. The van der Waals surface area contributed by atoms with Gasteiger partial charge >= 0.3 is 11.8 Å². The van der Waals surface area contributed by atoms with Crippen molar-refractivity contribution in [1.29, 1.82) is 0 Å². The number of hydrogen-bond donors (Lipinski definition) is 1. The summed E-state index contributed by atoms with van der Waals surface area (Å²) in [5, 5.41) is -0.136. The number of nitrogens with one attached hydrogen (secondary N) is 1. The Hall–Kier alpha value is -4.46. The molecule has 4 aromatic rings. The average Bonchev–Trinajstić information content (AvgIpc) is 3.42. The number of sulfonamides is 1. The van der Waals surface area contributed by atoms with E-state index in [-0.39, 0.29) is 34.2 Å². The van der Waals surface area contributed by atoms with Crippen LogP contribution in [-0.4, -0.2) is 63.4 Å². The number of piperidine rings is 1. The second-order valence-electron chi connectivity index (χ2n) is 12.4. The number of aromatic nitrogens is 4. The molecule has 1 amide bonds. The number of ether oxygens (including phenoxy) is 3. The van der Waals surface area contributed by atoms with Crippen LogP contribution in [0.2, 0.25) is 0 Å². The van der Waals surface area contributed by atoms with Crippen LogP contribution in [0.3, 0.4) is 0 Å². The number of carbonyl (C=O) groups is 1. The van der Waals surface area contributed by atoms with E-state index in [4.69, 9.17) is 14.2 Å². The lowest BCUT2D eigenvalue weighted by atomic mass is 9.98. The number of rotatable bonds is 8. The summed E-state index contributed by atoms with van der Waals surface area (Å²) in [6.07, 6.45) is 2.73. The van der Waals surface area contributed by atoms with Crippen molar-refractivity contribution in [3.63, 3.8) is 0 Å². The molecule has 0 aliphatic carbocycles. The van der Waals surface area contributed by atoms with Gasteiger partial charge in [0.2, 0.25) is 0 Å². The minimum absolute atomic E-state index is 0.136. The van der Waals surface area contributed by atoms with Crippen molar-refractivity contribution in [2.45, 2.75) is 51.2 Å². The number of fused-ring (bicyclic) bond motifs is 1. The van der Waals surface area contributed by atoms with Crippen molar-refractivity contribution in [3.05, 3.63) is 58.9 Å². The van der Waals surface area contributed by atoms with Crippen LogP contribution in [0.5, 0.6) is 17.2 Å². The molecule has 1 N–H and O–H groups in total. The van der Waals surface area contributed by atoms with E-state index in [2.05, 4.69) is 9.71 Å². The minimum atomic E-state index is -4.08. The third-order valence-electron chi connectivity index (χ3n) is 7.76. The topological polar surface area (TPSA) is 139 Å². The van der Waals surface area contributed by atoms with Crippen molar-refractivity contribution in [2.75, 3.05) is 24.4 Å². The summed E-state index contributed by atoms with van der Waals surface area (Å²) in [5.74, 6) is 2.01. The van der Waals surface area contributed by atoms with Gasteiger partial charge in [-0.2, -0.15) is 8.42 Å². The molecule has 14 heteroatoms. The molecule has 0 spiro atoms. The molecular weight excluding hydrogens is 600 g/mol. The predicted molar refractivity (Wildman–Crippen MR) is 169 cm³/mol. The van der Waals surface area contributed by atoms with E-state index in [9.17, 15) is 18.0 Å². The zero-order valence-corrected chi connectivity index (χ0v) is 27.5. The lowest BCUT2D eigenvalue weighted by Crippen LogP contribution is -2.42. The van der Waals surface area contributed by atoms with E-state index < -0.39 is 15.6 Å². The van der Waals surface area contributed by atoms with Crippen LogP contribution in [-0.2, 0) is 35.9 Å². The lowest BCUT2D eigenvalue weighted by Gasteiger charge is -2.33. The molecule has 0 unspecified atom stereocenters. The number of anilines is 1. The molecule has 13 nitrogen and oxygen atoms in total. The highest BCUT2D eigenvalue weighted by Gasteiger charge is 2.27. The largest absolute Gasteiger partial charge is 0.493 e. The summed E-state index contributed by atoms with van der Waals surface area (Å²) in [5.41, 5.74) is 0.453. The van der Waals surface area contributed by atoms with E-state index >= 15 is 0 Å². The monoisotopic (exact) mass is 640 g/mol. The van der Waals surface area contributed by atoms with Gasteiger partial charge in [0.1, 0.15) is 22.9 Å². The molecule has 0 atom stereocenters. The standard InChI is InChI=1S/C31H40N6O7S/c1-20-32-28(18-34(20)5)45(40,41)33-24-16-25-26(36(7)29(38)35(25)6)17-27(24)43-23-10-8-9-22(15-23)42-19-21-11-13-37(14-12-21)30(39)44-31(2,3)4/h8-10,15-18,21,33H,11-14,19H2,1-7H3. The Labute approximate surface area is 262 Å². The second kappa shape index (κ2) is 12.1. The second-order valence-corrected chi connectivity index (χ2v) is 14.0. The van der Waals surface area contributed by atoms with Gasteiger partial charge in [0.05, 0.1) is 23.3 Å². The van der Waals surface area contributed by atoms with Gasteiger partial charge in [0.15, 0.2) is 10.8 Å². The van der Waals surface area contributed by atoms with Crippen LogP contribution >= 0.6 is 0 Å². The Morgan fingerprint density at radius 1 is 1.02 bits per heavy atom. The first kappa shape index (κ1) is 31.9. The molecular formula is C31H40N6O7S. The van der Waals surface area contributed by atoms with Gasteiger partial charge in [-0.25, -0.2) is 14.6 Å². The summed E-state index contributed by atoms with van der Waals surface area (Å²) in [6.45, 7) is 8.95. The van der Waals surface area contributed by atoms with E-state index in [1.807, 2.05) is 26.8 Å². The SMILES string of the molecule is Cc1nc(S(=O)(=O)Nc2cc3c(cc2Oc2cccc(OCC4CCN(C(=O)OC(C)(C)C)CC4)c2)n(C)c(=O)n3C)cn1C. The van der Waals surface area contributed by atoms with Gasteiger partial charge in [0, 0.05) is 52.6 Å². The molecule has 1 saturated heterocycles. The van der Waals surface area contributed by atoms with E-state index in [1.54, 1.807) is 67.9 Å². The predicted octanol–water partition coefficient (Wildman–Crippen LogP) is 4.54. The number of benzene rings is 2. The molecule has 2 aromatic heterocycles. The summed E-state index contributed by atoms with van der Waals surface area (Å²) < 4.78 is 51.6. The Balaban J connectivity index is 1.33. The van der Waals surface area contributed by atoms with Crippen LogP contribution in [0.15, 0.2) is 52.4 Å². The maximum absolute atomic E-state index is 13.3. The van der Waals surface area contributed by atoms with Crippen molar-refractivity contribution in [1.82, 2.24) is 23.6 Å². The zero-order valence-electron chi connectivity index (χ0n) is 26.7. The van der Waals surface area contributed by atoms with Crippen LogP contribution in [0.4, 0.5) is 10.5 Å². The van der Waals surface area contributed by atoms with Crippen molar-refractivity contribution >= 4 is 32.8 Å². The molecule has 0 bridgehead atoms. The lowest BCUT2D eigenvalue weighted by molar-refractivity contribution is 0.0165. The highest BCUT2D eigenvalue weighted by molar-refractivity contribution is 7.92. The summed E-state index contributed by atoms with van der Waals surface area (Å²) >= 11 is 0. The number of hydrogen-bond acceptors (Lipinski definition) is 8. The smallest absolute Gasteiger partial charge is 0.410 e. The number of amides is 1. The van der Waals surface area contributed by atoms with Crippen molar-refractivity contribution in [3.8, 4) is 17.2 Å². The number of nitrogens with zero attached hydrogens (tertiary/aromatic N) is 5. The first-order valence-corrected chi connectivity index (χ1v) is 16.2. The average molecular weight is 641 g/mol. The molecule has 45 heavy (non-hydrogen) atoms. The fraction of sp³-hybridized carbons (Fsp3) is 0.452. The van der Waals surface area contributed by atoms with Crippen LogP contribution in [0.25, 0.3) is 11.0 Å². The molecule has 1 aliphatic heterocycles. The molecule has 1 fully saturated rings. The van der Waals surface area contributed by atoms with E-state index in [1.165, 1.54) is 15.3 Å². The maximum Gasteiger partial charge on any atom is 0.410 e. The molecule has 3 heterocycles. The van der Waals surface area contributed by atoms with Gasteiger partial charge in [0.25, 0.3) is 10.0 Å². The summed E-state index contributed by atoms with van der Waals surface area (Å²) in [6, 6.07) is 10.3. The maximum atomic E-state index is 13.3. The number of imidazole rings is 2. The van der Waals surface area contributed by atoms with Crippen molar-refractivity contribution < 1.29 is 27.4 Å². The quantitative estimate of drug-likeness (QED) is 0.296. The normalized spacial score (nSPS) is 14.5. The van der Waals surface area contributed by atoms with Crippen LogP contribution in [0.1, 0.15) is 39.4 Å². The number of carbonyl (C=O) groups excluding carboxylic acids is 1. The third kappa shape index (κ3) is 7.11. The fourth-order valence-corrected chi connectivity index (χ4v) is 6.22. The fourth-order valence-electron chi connectivity index (χ4n) is 5.12. The molecule has 0 radical (unpaired) electrons. The highest BCUT2D eigenvalue weighted by Crippen LogP contribution is 2.36. The zero-order chi connectivity index (χ0) is 32.7. The van der Waals surface area contributed by atoms with Crippen LogP contribution in [0, 0.1) is 12.8 Å². The minimum Gasteiger partial charge on any atom is -0.493 e. The highest BCUT2D eigenvalue weighted by atomic mass is 32.2. The number of aryl methyl sites for hydroxylation is 4. The Morgan fingerprint density at radius 2 is 1.67 bits per heavy atom. The van der Waals surface area contributed by atoms with Crippen LogP contribution < -0.4 is 19.9 Å². The van der Waals surface area contributed by atoms with Gasteiger partial charge in [-0.15, -0.1) is 0 Å². The molecule has 0 saturated carbocycles. The van der Waals surface area contributed by atoms with E-state index in [0.717, 1.165) is 12.8 Å². The third-order valence-corrected chi connectivity index (χ3v) is 9.00. The summed E-state index contributed by atoms with van der Waals surface area (Å²) in [4.78, 5) is 30.9. The molecule has 5 rings (SSSR count). The first-order chi connectivity index (χ1) is 21.1. The Morgan fingerprint density at radius 3 is 2.29 bits per heavy atom. The van der Waals surface area contributed by atoms with Gasteiger partial charge in [-0.05, 0) is 64.7 Å². The Kier molecular flexibility index (Phi) is 8.62. The Bertz CT molecular complexity index is 1870. The molecule has 242 valence electrons. The van der Waals surface area contributed by atoms with Crippen molar-refractivity contribution in [2.24, 2.45) is 27.1 Å². The first-order valence-electron chi connectivity index (χ1n) is 14.7. The van der Waals surface area contributed by atoms with E-state index in [0.29, 0.717) is 48.1 Å². The van der Waals surface area contributed by atoms with Gasteiger partial charge in [-0.3, -0.25) is 13.9 Å².